The molecule has 1 rings (SSSR count). The molecule has 94 valence electrons. The minimum absolute atomic E-state index is 0.191. The van der Waals surface area contributed by atoms with Crippen LogP contribution >= 0.6 is 11.8 Å². The lowest BCUT2D eigenvalue weighted by Crippen LogP contribution is -2.53. The van der Waals surface area contributed by atoms with Gasteiger partial charge in [0.15, 0.2) is 5.12 Å². The highest BCUT2D eigenvalue weighted by atomic mass is 32.2. The Labute approximate surface area is 103 Å². The number of carbonyl (C=O) groups is 1. The lowest BCUT2D eigenvalue weighted by atomic mass is 9.63. The van der Waals surface area contributed by atoms with Gasteiger partial charge < -0.3 is 5.11 Å². The van der Waals surface area contributed by atoms with Crippen molar-refractivity contribution in [1.29, 1.82) is 0 Å². The molecule has 2 nitrogen and oxygen atoms in total. The van der Waals surface area contributed by atoms with Crippen LogP contribution in [0, 0.1) is 16.7 Å². The lowest BCUT2D eigenvalue weighted by Gasteiger charge is -2.48. The molecule has 1 fully saturated rings. The Morgan fingerprint density at radius 1 is 1.56 bits per heavy atom. The second kappa shape index (κ2) is 4.69. The molecule has 0 bridgehead atoms. The molecule has 0 saturated carbocycles. The van der Waals surface area contributed by atoms with Gasteiger partial charge in [-0.1, -0.05) is 46.4 Å². The van der Waals surface area contributed by atoms with Gasteiger partial charge in [-0.15, -0.1) is 0 Å². The van der Waals surface area contributed by atoms with Crippen molar-refractivity contribution in [2.75, 3.05) is 5.75 Å². The lowest BCUT2D eigenvalue weighted by molar-refractivity contribution is -0.141. The molecule has 0 radical (unpaired) electrons. The minimum Gasteiger partial charge on any atom is -0.391 e. The standard InChI is InChI=1S/C13H24O2S/c1-6-13(10(14)12(3,4)5)9(2)7-8-16-11(13)15/h9-10,14H,6-8H2,1-5H3/t9-,10+,13?/m0/s1. The number of hydrogen-bond acceptors (Lipinski definition) is 3. The van der Waals surface area contributed by atoms with Gasteiger partial charge in [-0.25, -0.2) is 0 Å². The Kier molecular flexibility index (Phi) is 4.12. The molecule has 1 N–H and O–H groups in total. The number of rotatable bonds is 2. The van der Waals surface area contributed by atoms with Gasteiger partial charge in [0.1, 0.15) is 0 Å². The molecule has 1 heterocycles. The van der Waals surface area contributed by atoms with Crippen molar-refractivity contribution in [3.8, 4) is 0 Å². The molecule has 1 unspecified atom stereocenters. The fraction of sp³-hybridized carbons (Fsp3) is 0.923. The van der Waals surface area contributed by atoms with Gasteiger partial charge in [0.05, 0.1) is 11.5 Å². The topological polar surface area (TPSA) is 37.3 Å². The van der Waals surface area contributed by atoms with Crippen LogP contribution in [0.1, 0.15) is 47.5 Å². The second-order valence-corrected chi connectivity index (χ2v) is 7.06. The molecule has 0 aromatic carbocycles. The number of hydrogen-bond donors (Lipinski definition) is 1. The van der Waals surface area contributed by atoms with E-state index in [0.717, 1.165) is 18.6 Å². The molecule has 3 atom stereocenters. The van der Waals surface area contributed by atoms with E-state index in [2.05, 4.69) is 6.92 Å². The molecule has 0 spiro atoms. The summed E-state index contributed by atoms with van der Waals surface area (Å²) in [6, 6.07) is 0. The van der Waals surface area contributed by atoms with Crippen LogP contribution < -0.4 is 0 Å². The molecule has 16 heavy (non-hydrogen) atoms. The summed E-state index contributed by atoms with van der Waals surface area (Å²) in [5.41, 5.74) is -0.779. The van der Waals surface area contributed by atoms with E-state index in [-0.39, 0.29) is 16.4 Å². The first kappa shape index (κ1) is 14.0. The van der Waals surface area contributed by atoms with Crippen LogP contribution in [0.15, 0.2) is 0 Å². The second-order valence-electron chi connectivity index (χ2n) is 5.99. The van der Waals surface area contributed by atoms with Crippen LogP contribution in [0.4, 0.5) is 0 Å². The normalized spacial score (nSPS) is 33.9. The molecule has 3 heteroatoms. The van der Waals surface area contributed by atoms with E-state index >= 15 is 0 Å². The van der Waals surface area contributed by atoms with Crippen molar-refractivity contribution in [2.45, 2.75) is 53.6 Å². The summed E-state index contributed by atoms with van der Waals surface area (Å²) in [6.07, 6.45) is 1.20. The Bertz CT molecular complexity index is 270. The third kappa shape index (κ3) is 2.17. The van der Waals surface area contributed by atoms with E-state index in [4.69, 9.17) is 0 Å². The third-order valence-electron chi connectivity index (χ3n) is 3.94. The first-order valence-corrected chi connectivity index (χ1v) is 7.10. The summed E-state index contributed by atoms with van der Waals surface area (Å²) in [4.78, 5) is 12.2. The highest BCUT2D eigenvalue weighted by molar-refractivity contribution is 8.13. The van der Waals surface area contributed by atoms with E-state index in [0.29, 0.717) is 0 Å². The first-order chi connectivity index (χ1) is 7.26. The van der Waals surface area contributed by atoms with E-state index in [1.165, 1.54) is 11.8 Å². The van der Waals surface area contributed by atoms with E-state index in [9.17, 15) is 9.90 Å². The largest absolute Gasteiger partial charge is 0.391 e. The molecule has 0 aromatic rings. The average Bonchev–Trinajstić information content (AvgIpc) is 2.17. The van der Waals surface area contributed by atoms with E-state index in [1.807, 2.05) is 27.7 Å². The summed E-state index contributed by atoms with van der Waals surface area (Å²) in [5, 5.41) is 10.8. The van der Waals surface area contributed by atoms with Crippen LogP contribution in [0.25, 0.3) is 0 Å². The van der Waals surface area contributed by atoms with Gasteiger partial charge in [-0.2, -0.15) is 0 Å². The highest BCUT2D eigenvalue weighted by Gasteiger charge is 2.53. The molecular weight excluding hydrogens is 220 g/mol. The molecule has 0 amide bonds. The fourth-order valence-electron chi connectivity index (χ4n) is 2.76. The van der Waals surface area contributed by atoms with Crippen molar-refractivity contribution in [1.82, 2.24) is 0 Å². The summed E-state index contributed by atoms with van der Waals surface area (Å²) in [7, 11) is 0. The molecule has 0 aromatic heterocycles. The predicted molar refractivity (Wildman–Crippen MR) is 69.4 cm³/mol. The summed E-state index contributed by atoms with van der Waals surface area (Å²) >= 11 is 1.40. The highest BCUT2D eigenvalue weighted by Crippen LogP contribution is 2.50. The van der Waals surface area contributed by atoms with Crippen LogP contribution in [0.2, 0.25) is 0 Å². The zero-order chi connectivity index (χ0) is 12.6. The Morgan fingerprint density at radius 2 is 2.12 bits per heavy atom. The Morgan fingerprint density at radius 3 is 2.50 bits per heavy atom. The van der Waals surface area contributed by atoms with Crippen LogP contribution in [0.5, 0.6) is 0 Å². The summed E-state index contributed by atoms with van der Waals surface area (Å²) < 4.78 is 0. The molecular formula is C13H24O2S. The monoisotopic (exact) mass is 244 g/mol. The zero-order valence-electron chi connectivity index (χ0n) is 11.0. The average molecular weight is 244 g/mol. The van der Waals surface area contributed by atoms with Gasteiger partial charge in [0, 0.05) is 5.75 Å². The number of aliphatic hydroxyl groups excluding tert-OH is 1. The fourth-order valence-corrected chi connectivity index (χ4v) is 4.14. The van der Waals surface area contributed by atoms with Crippen LogP contribution in [-0.2, 0) is 4.79 Å². The number of aliphatic hydroxyl groups is 1. The minimum atomic E-state index is -0.555. The quantitative estimate of drug-likeness (QED) is 0.811. The van der Waals surface area contributed by atoms with Crippen LogP contribution in [-0.4, -0.2) is 22.1 Å². The van der Waals surface area contributed by atoms with E-state index < -0.39 is 11.5 Å². The first-order valence-electron chi connectivity index (χ1n) is 6.12. The zero-order valence-corrected chi connectivity index (χ0v) is 11.9. The predicted octanol–water partition coefficient (Wildman–Crippen LogP) is 3.09. The van der Waals surface area contributed by atoms with Gasteiger partial charge in [-0.05, 0) is 24.2 Å². The molecule has 0 aliphatic carbocycles. The van der Waals surface area contributed by atoms with Crippen molar-refractivity contribution in [3.63, 3.8) is 0 Å². The molecule has 1 aliphatic heterocycles. The van der Waals surface area contributed by atoms with Crippen molar-refractivity contribution in [2.24, 2.45) is 16.7 Å². The van der Waals surface area contributed by atoms with E-state index in [1.54, 1.807) is 0 Å². The smallest absolute Gasteiger partial charge is 0.197 e. The summed E-state index contributed by atoms with van der Waals surface area (Å²) in [5.74, 6) is 1.18. The van der Waals surface area contributed by atoms with Gasteiger partial charge in [-0.3, -0.25) is 4.79 Å². The Hall–Kier alpha value is -0.0200. The van der Waals surface area contributed by atoms with Crippen molar-refractivity contribution >= 4 is 16.9 Å². The number of carbonyl (C=O) groups excluding carboxylic acids is 1. The van der Waals surface area contributed by atoms with Crippen molar-refractivity contribution in [3.05, 3.63) is 0 Å². The van der Waals surface area contributed by atoms with Crippen molar-refractivity contribution < 1.29 is 9.90 Å². The summed E-state index contributed by atoms with van der Waals surface area (Å²) in [6.45, 7) is 10.2. The maximum atomic E-state index is 12.2. The van der Waals surface area contributed by atoms with Gasteiger partial charge in [0.25, 0.3) is 0 Å². The maximum Gasteiger partial charge on any atom is 0.197 e. The van der Waals surface area contributed by atoms with Gasteiger partial charge >= 0.3 is 0 Å². The van der Waals surface area contributed by atoms with Crippen LogP contribution in [0.3, 0.4) is 0 Å². The number of thioether (sulfide) groups is 1. The molecule has 1 saturated heterocycles. The SMILES string of the molecule is CCC1([C@H](O)C(C)(C)C)C(=O)SCC[C@@H]1C. The van der Waals surface area contributed by atoms with Gasteiger partial charge in [0.2, 0.25) is 0 Å². The maximum absolute atomic E-state index is 12.2. The Balaban J connectivity index is 3.11. The third-order valence-corrected chi connectivity index (χ3v) is 5.02. The molecule has 1 aliphatic rings.